The molecule has 98 valence electrons. The first-order valence-electron chi connectivity index (χ1n) is 6.69. The van der Waals surface area contributed by atoms with Gasteiger partial charge in [0.1, 0.15) is 0 Å². The fraction of sp³-hybridized carbons (Fsp3) is 0.111. The average molecular weight is 260 g/mol. The number of pyridine rings is 2. The van der Waals surface area contributed by atoms with Crippen LogP contribution < -0.4 is 0 Å². The fourth-order valence-electron chi connectivity index (χ4n) is 2.23. The molecule has 3 aromatic rings. The minimum absolute atomic E-state index is 0.922. The summed E-state index contributed by atoms with van der Waals surface area (Å²) in [5.41, 5.74) is 6.35. The summed E-state index contributed by atoms with van der Waals surface area (Å²) in [6.45, 7) is 4.16. The lowest BCUT2D eigenvalue weighted by Crippen LogP contribution is -1.92. The number of aromatic nitrogens is 2. The molecular weight excluding hydrogens is 244 g/mol. The molecule has 2 heteroatoms. The van der Waals surface area contributed by atoms with Crippen LogP contribution in [0.5, 0.6) is 0 Å². The maximum atomic E-state index is 4.75. The van der Waals surface area contributed by atoms with Crippen LogP contribution in [0.2, 0.25) is 0 Å². The molecular formula is C18H16N2. The summed E-state index contributed by atoms with van der Waals surface area (Å²) in [7, 11) is 0. The third-order valence-electron chi connectivity index (χ3n) is 3.22. The van der Waals surface area contributed by atoms with Gasteiger partial charge in [-0.2, -0.15) is 0 Å². The molecule has 2 nitrogen and oxygen atoms in total. The van der Waals surface area contributed by atoms with Crippen LogP contribution in [-0.2, 0) is 0 Å². The van der Waals surface area contributed by atoms with Crippen molar-refractivity contribution in [1.29, 1.82) is 0 Å². The number of benzene rings is 1. The third-order valence-corrected chi connectivity index (χ3v) is 3.22. The number of rotatable bonds is 2. The molecule has 0 aliphatic rings. The molecule has 0 amide bonds. The minimum atomic E-state index is 0.922. The molecule has 0 aliphatic carbocycles. The van der Waals surface area contributed by atoms with E-state index in [9.17, 15) is 0 Å². The van der Waals surface area contributed by atoms with Crippen LogP contribution in [-0.4, -0.2) is 9.97 Å². The first-order valence-corrected chi connectivity index (χ1v) is 6.69. The zero-order valence-corrected chi connectivity index (χ0v) is 11.7. The fourth-order valence-corrected chi connectivity index (χ4v) is 2.23. The number of hydrogen-bond acceptors (Lipinski definition) is 2. The Balaban J connectivity index is 2.12. The number of hydrogen-bond donors (Lipinski definition) is 0. The van der Waals surface area contributed by atoms with E-state index in [1.807, 2.05) is 30.5 Å². The van der Waals surface area contributed by atoms with Crippen molar-refractivity contribution in [3.63, 3.8) is 0 Å². The van der Waals surface area contributed by atoms with E-state index in [2.05, 4.69) is 49.2 Å². The molecule has 0 unspecified atom stereocenters. The van der Waals surface area contributed by atoms with Crippen molar-refractivity contribution in [3.8, 4) is 22.6 Å². The minimum Gasteiger partial charge on any atom is -0.255 e. The lowest BCUT2D eigenvalue weighted by atomic mass is 10.1. The van der Waals surface area contributed by atoms with Gasteiger partial charge in [0, 0.05) is 11.8 Å². The van der Waals surface area contributed by atoms with E-state index in [4.69, 9.17) is 4.98 Å². The highest BCUT2D eigenvalue weighted by Crippen LogP contribution is 2.23. The SMILES string of the molecule is Cc1ccnc(-c2cc(C)cc(-c3ccccc3)n2)c1. The van der Waals surface area contributed by atoms with Crippen molar-refractivity contribution in [3.05, 3.63) is 71.9 Å². The standard InChI is InChI=1S/C18H16N2/c1-13-8-9-19-17(10-13)18-12-14(2)11-16(20-18)15-6-4-3-5-7-15/h3-12H,1-2H3. The van der Waals surface area contributed by atoms with Gasteiger partial charge in [-0.1, -0.05) is 30.3 Å². The highest BCUT2D eigenvalue weighted by Gasteiger charge is 2.06. The maximum absolute atomic E-state index is 4.75. The van der Waals surface area contributed by atoms with Crippen molar-refractivity contribution >= 4 is 0 Å². The molecule has 2 heterocycles. The zero-order valence-electron chi connectivity index (χ0n) is 11.7. The molecule has 0 saturated carbocycles. The highest BCUT2D eigenvalue weighted by molar-refractivity contribution is 5.65. The summed E-state index contributed by atoms with van der Waals surface area (Å²) in [6.07, 6.45) is 1.83. The van der Waals surface area contributed by atoms with E-state index < -0.39 is 0 Å². The molecule has 0 radical (unpaired) electrons. The number of nitrogens with zero attached hydrogens (tertiary/aromatic N) is 2. The van der Waals surface area contributed by atoms with E-state index in [1.165, 1.54) is 11.1 Å². The maximum Gasteiger partial charge on any atom is 0.0896 e. The second-order valence-corrected chi connectivity index (χ2v) is 5.00. The Morgan fingerprint density at radius 2 is 1.40 bits per heavy atom. The molecule has 0 N–H and O–H groups in total. The predicted molar refractivity (Wildman–Crippen MR) is 82.4 cm³/mol. The molecule has 2 aromatic heterocycles. The Hall–Kier alpha value is -2.48. The van der Waals surface area contributed by atoms with Gasteiger partial charge in [0.2, 0.25) is 0 Å². The van der Waals surface area contributed by atoms with Crippen molar-refractivity contribution in [2.75, 3.05) is 0 Å². The zero-order chi connectivity index (χ0) is 13.9. The van der Waals surface area contributed by atoms with Gasteiger partial charge >= 0.3 is 0 Å². The summed E-state index contributed by atoms with van der Waals surface area (Å²) in [6, 6.07) is 18.5. The Morgan fingerprint density at radius 3 is 2.15 bits per heavy atom. The van der Waals surface area contributed by atoms with E-state index in [0.717, 1.165) is 22.6 Å². The molecule has 0 atom stereocenters. The van der Waals surface area contributed by atoms with Gasteiger partial charge in [0.25, 0.3) is 0 Å². The average Bonchev–Trinajstić information content (AvgIpc) is 2.47. The van der Waals surface area contributed by atoms with Gasteiger partial charge in [0.05, 0.1) is 17.1 Å². The molecule has 0 aliphatic heterocycles. The third kappa shape index (κ3) is 2.59. The molecule has 0 spiro atoms. The van der Waals surface area contributed by atoms with E-state index in [1.54, 1.807) is 0 Å². The van der Waals surface area contributed by atoms with E-state index in [0.29, 0.717) is 0 Å². The second-order valence-electron chi connectivity index (χ2n) is 5.00. The second kappa shape index (κ2) is 5.25. The van der Waals surface area contributed by atoms with Crippen LogP contribution in [0.15, 0.2) is 60.8 Å². The topological polar surface area (TPSA) is 25.8 Å². The number of aryl methyl sites for hydroxylation is 2. The summed E-state index contributed by atoms with van der Waals surface area (Å²) >= 11 is 0. The molecule has 3 rings (SSSR count). The van der Waals surface area contributed by atoms with Crippen molar-refractivity contribution in [2.45, 2.75) is 13.8 Å². The van der Waals surface area contributed by atoms with Crippen LogP contribution in [0.1, 0.15) is 11.1 Å². The van der Waals surface area contributed by atoms with Crippen LogP contribution in [0, 0.1) is 13.8 Å². The van der Waals surface area contributed by atoms with Crippen LogP contribution >= 0.6 is 0 Å². The van der Waals surface area contributed by atoms with Gasteiger partial charge in [-0.05, 0) is 49.2 Å². The molecule has 0 bridgehead atoms. The lowest BCUT2D eigenvalue weighted by Gasteiger charge is -2.07. The van der Waals surface area contributed by atoms with E-state index >= 15 is 0 Å². The smallest absolute Gasteiger partial charge is 0.0896 e. The molecule has 0 saturated heterocycles. The molecule has 0 fully saturated rings. The first kappa shape index (κ1) is 12.5. The largest absolute Gasteiger partial charge is 0.255 e. The van der Waals surface area contributed by atoms with Gasteiger partial charge in [-0.3, -0.25) is 4.98 Å². The monoisotopic (exact) mass is 260 g/mol. The quantitative estimate of drug-likeness (QED) is 0.681. The Morgan fingerprint density at radius 1 is 0.700 bits per heavy atom. The van der Waals surface area contributed by atoms with Crippen molar-refractivity contribution < 1.29 is 0 Å². The van der Waals surface area contributed by atoms with Crippen LogP contribution in [0.3, 0.4) is 0 Å². The van der Waals surface area contributed by atoms with E-state index in [-0.39, 0.29) is 0 Å². The van der Waals surface area contributed by atoms with Crippen molar-refractivity contribution in [1.82, 2.24) is 9.97 Å². The summed E-state index contributed by atoms with van der Waals surface area (Å²) in [5, 5.41) is 0. The van der Waals surface area contributed by atoms with Gasteiger partial charge in [-0.25, -0.2) is 4.98 Å². The van der Waals surface area contributed by atoms with Crippen LogP contribution in [0.25, 0.3) is 22.6 Å². The summed E-state index contributed by atoms with van der Waals surface area (Å²) in [4.78, 5) is 9.18. The van der Waals surface area contributed by atoms with Gasteiger partial charge in [0.15, 0.2) is 0 Å². The Kier molecular flexibility index (Phi) is 3.30. The normalized spacial score (nSPS) is 10.5. The lowest BCUT2D eigenvalue weighted by molar-refractivity contribution is 1.22. The van der Waals surface area contributed by atoms with Crippen LogP contribution in [0.4, 0.5) is 0 Å². The summed E-state index contributed by atoms with van der Waals surface area (Å²) < 4.78 is 0. The summed E-state index contributed by atoms with van der Waals surface area (Å²) in [5.74, 6) is 0. The predicted octanol–water partition coefficient (Wildman–Crippen LogP) is 4.43. The van der Waals surface area contributed by atoms with Gasteiger partial charge in [-0.15, -0.1) is 0 Å². The molecule has 20 heavy (non-hydrogen) atoms. The highest BCUT2D eigenvalue weighted by atomic mass is 14.8. The Labute approximate surface area is 119 Å². The molecule has 1 aromatic carbocycles. The first-order chi connectivity index (χ1) is 9.72. The Bertz CT molecular complexity index is 733. The van der Waals surface area contributed by atoms with Crippen molar-refractivity contribution in [2.24, 2.45) is 0 Å². The van der Waals surface area contributed by atoms with Gasteiger partial charge < -0.3 is 0 Å².